The molecule has 2 amide bonds. The first kappa shape index (κ1) is 19.5. The van der Waals surface area contributed by atoms with Crippen LogP contribution in [0.1, 0.15) is 36.3 Å². The van der Waals surface area contributed by atoms with Crippen LogP contribution in [0.25, 0.3) is 11.3 Å². The Kier molecular flexibility index (Phi) is 4.60. The Morgan fingerprint density at radius 2 is 1.97 bits per heavy atom. The molecular weight excluding hydrogens is 407 g/mol. The van der Waals surface area contributed by atoms with Crippen molar-refractivity contribution >= 4 is 17.7 Å². The predicted molar refractivity (Wildman–Crippen MR) is 109 cm³/mol. The van der Waals surface area contributed by atoms with Gasteiger partial charge in [0.25, 0.3) is 0 Å². The second-order valence-electron chi connectivity index (χ2n) is 7.70. The summed E-state index contributed by atoms with van der Waals surface area (Å²) in [5.41, 5.74) is 0.958. The summed E-state index contributed by atoms with van der Waals surface area (Å²) < 4.78 is 39.4. The normalized spacial score (nSPS) is 19.8. The van der Waals surface area contributed by atoms with Crippen LogP contribution in [0.3, 0.4) is 0 Å². The lowest BCUT2D eigenvalue weighted by atomic mass is 9.98. The minimum Gasteiger partial charge on any atom is -0.290 e. The predicted octanol–water partition coefficient (Wildman–Crippen LogP) is 5.25. The number of carbonyl (C=O) groups excluding carboxylic acids is 1. The number of anilines is 2. The van der Waals surface area contributed by atoms with E-state index in [0.717, 1.165) is 37.0 Å². The molecule has 3 heterocycles. The number of hydrogen-bond acceptors (Lipinski definition) is 4. The quantitative estimate of drug-likeness (QED) is 0.609. The molecule has 0 radical (unpaired) electrons. The van der Waals surface area contributed by atoms with Gasteiger partial charge in [0.2, 0.25) is 0 Å². The third-order valence-electron chi connectivity index (χ3n) is 5.86. The van der Waals surface area contributed by atoms with Crippen LogP contribution in [0.5, 0.6) is 0 Å². The highest BCUT2D eigenvalue weighted by molar-refractivity contribution is 6.03. The maximum absolute atomic E-state index is 13.1. The Labute approximate surface area is 176 Å². The Morgan fingerprint density at radius 3 is 2.74 bits per heavy atom. The maximum Gasteiger partial charge on any atom is 0.416 e. The third-order valence-corrected chi connectivity index (χ3v) is 5.86. The van der Waals surface area contributed by atoms with Crippen LogP contribution in [-0.4, -0.2) is 27.3 Å². The SMILES string of the molecule is O=C(Nc1cccnn1)N1c2nc(-c3cccc(C(F)(F)F)c3)ccc2C2CCCC21. The van der Waals surface area contributed by atoms with Crippen molar-refractivity contribution in [2.24, 2.45) is 0 Å². The molecule has 0 spiro atoms. The topological polar surface area (TPSA) is 71.0 Å². The molecular formula is C22H18F3N5O. The number of hydrogen-bond donors (Lipinski definition) is 1. The van der Waals surface area contributed by atoms with E-state index in [1.165, 1.54) is 12.3 Å². The maximum atomic E-state index is 13.1. The lowest BCUT2D eigenvalue weighted by molar-refractivity contribution is -0.137. The molecule has 31 heavy (non-hydrogen) atoms. The smallest absolute Gasteiger partial charge is 0.290 e. The number of halogens is 3. The Balaban J connectivity index is 1.53. The fraction of sp³-hybridized carbons (Fsp3) is 0.273. The van der Waals surface area contributed by atoms with Crippen molar-refractivity contribution in [2.45, 2.75) is 37.4 Å². The number of nitrogens with zero attached hydrogens (tertiary/aromatic N) is 4. The minimum absolute atomic E-state index is 0.0315. The standard InChI is InChI=1S/C22H18F3N5O/c23-22(24,25)14-5-1-4-13(12-14)17-10-9-16-15-6-2-7-18(15)30(20(16)27-17)21(31)28-19-8-3-11-26-29-19/h1,3-5,8-12,15,18H,2,6-7H2,(H,28,29,31). The van der Waals surface area contributed by atoms with Crippen LogP contribution in [0, 0.1) is 0 Å². The zero-order valence-electron chi connectivity index (χ0n) is 16.3. The van der Waals surface area contributed by atoms with E-state index in [4.69, 9.17) is 0 Å². The van der Waals surface area contributed by atoms with E-state index in [1.54, 1.807) is 29.2 Å². The second-order valence-corrected chi connectivity index (χ2v) is 7.70. The summed E-state index contributed by atoms with van der Waals surface area (Å²) in [5, 5.41) is 10.4. The Morgan fingerprint density at radius 1 is 1.10 bits per heavy atom. The van der Waals surface area contributed by atoms with Gasteiger partial charge in [-0.1, -0.05) is 24.6 Å². The first-order chi connectivity index (χ1) is 14.9. The van der Waals surface area contributed by atoms with E-state index in [1.807, 2.05) is 6.07 Å². The molecule has 2 unspecified atom stereocenters. The summed E-state index contributed by atoms with van der Waals surface area (Å²) in [7, 11) is 0. The van der Waals surface area contributed by atoms with E-state index < -0.39 is 11.7 Å². The van der Waals surface area contributed by atoms with Crippen molar-refractivity contribution in [1.82, 2.24) is 15.2 Å². The molecule has 1 saturated carbocycles. The molecule has 1 fully saturated rings. The summed E-state index contributed by atoms with van der Waals surface area (Å²) >= 11 is 0. The van der Waals surface area contributed by atoms with Crippen molar-refractivity contribution in [1.29, 1.82) is 0 Å². The zero-order valence-corrected chi connectivity index (χ0v) is 16.3. The molecule has 0 bridgehead atoms. The number of nitrogens with one attached hydrogen (secondary N) is 1. The molecule has 2 atom stereocenters. The molecule has 6 nitrogen and oxygen atoms in total. The van der Waals surface area contributed by atoms with Gasteiger partial charge in [-0.3, -0.25) is 10.2 Å². The zero-order chi connectivity index (χ0) is 21.6. The molecule has 3 aromatic rings. The highest BCUT2D eigenvalue weighted by Gasteiger charge is 2.45. The van der Waals surface area contributed by atoms with E-state index in [0.29, 0.717) is 22.9 Å². The molecule has 1 aromatic carbocycles. The average Bonchev–Trinajstić information content (AvgIpc) is 3.34. The van der Waals surface area contributed by atoms with Gasteiger partial charge in [0.15, 0.2) is 5.82 Å². The first-order valence-corrected chi connectivity index (χ1v) is 9.98. The Bertz CT molecular complexity index is 1140. The number of alkyl halides is 3. The van der Waals surface area contributed by atoms with Gasteiger partial charge < -0.3 is 0 Å². The van der Waals surface area contributed by atoms with Crippen LogP contribution >= 0.6 is 0 Å². The molecule has 0 saturated heterocycles. The minimum atomic E-state index is -4.44. The average molecular weight is 425 g/mol. The highest BCUT2D eigenvalue weighted by atomic mass is 19.4. The van der Waals surface area contributed by atoms with Crippen molar-refractivity contribution in [2.75, 3.05) is 10.2 Å². The monoisotopic (exact) mass is 425 g/mol. The molecule has 158 valence electrons. The largest absolute Gasteiger partial charge is 0.416 e. The molecule has 1 aliphatic heterocycles. The van der Waals surface area contributed by atoms with Gasteiger partial charge in [-0.05, 0) is 43.2 Å². The van der Waals surface area contributed by atoms with Gasteiger partial charge in [-0.2, -0.15) is 18.3 Å². The molecule has 5 rings (SSSR count). The van der Waals surface area contributed by atoms with E-state index >= 15 is 0 Å². The van der Waals surface area contributed by atoms with Gasteiger partial charge in [0.05, 0.1) is 11.3 Å². The first-order valence-electron chi connectivity index (χ1n) is 9.98. The number of rotatable bonds is 2. The van der Waals surface area contributed by atoms with E-state index in [9.17, 15) is 18.0 Å². The number of benzene rings is 1. The van der Waals surface area contributed by atoms with Crippen LogP contribution in [0.2, 0.25) is 0 Å². The molecule has 2 aliphatic rings. The van der Waals surface area contributed by atoms with E-state index in [2.05, 4.69) is 20.5 Å². The number of pyridine rings is 1. The highest BCUT2D eigenvalue weighted by Crippen LogP contribution is 2.49. The van der Waals surface area contributed by atoms with Crippen LogP contribution in [0.4, 0.5) is 29.6 Å². The van der Waals surface area contributed by atoms with Gasteiger partial charge in [-0.15, -0.1) is 5.10 Å². The number of fused-ring (bicyclic) bond motifs is 3. The lowest BCUT2D eigenvalue weighted by Gasteiger charge is -2.24. The van der Waals surface area contributed by atoms with Gasteiger partial charge in [0, 0.05) is 29.3 Å². The third kappa shape index (κ3) is 3.49. The van der Waals surface area contributed by atoms with Gasteiger partial charge >= 0.3 is 12.2 Å². The molecule has 2 aromatic heterocycles. The van der Waals surface area contributed by atoms with Crippen molar-refractivity contribution < 1.29 is 18.0 Å². The van der Waals surface area contributed by atoms with Crippen LogP contribution in [0.15, 0.2) is 54.7 Å². The summed E-state index contributed by atoms with van der Waals surface area (Å²) in [6, 6.07) is 11.6. The molecule has 1 N–H and O–H groups in total. The fourth-order valence-electron chi connectivity index (χ4n) is 4.51. The fourth-order valence-corrected chi connectivity index (χ4v) is 4.51. The van der Waals surface area contributed by atoms with Gasteiger partial charge in [-0.25, -0.2) is 9.78 Å². The summed E-state index contributed by atoms with van der Waals surface area (Å²) in [6.45, 7) is 0. The number of carbonyl (C=O) groups is 1. The van der Waals surface area contributed by atoms with Crippen molar-refractivity contribution in [3.05, 3.63) is 65.9 Å². The number of urea groups is 1. The summed E-state index contributed by atoms with van der Waals surface area (Å²) in [5.74, 6) is 0.987. The van der Waals surface area contributed by atoms with Crippen LogP contribution in [-0.2, 0) is 6.18 Å². The Hall–Kier alpha value is -3.49. The van der Waals surface area contributed by atoms with E-state index in [-0.39, 0.29) is 18.0 Å². The molecule has 9 heteroatoms. The number of aromatic nitrogens is 3. The van der Waals surface area contributed by atoms with Crippen molar-refractivity contribution in [3.8, 4) is 11.3 Å². The summed E-state index contributed by atoms with van der Waals surface area (Å²) in [4.78, 5) is 19.4. The second kappa shape index (κ2) is 7.33. The summed E-state index contributed by atoms with van der Waals surface area (Å²) in [6.07, 6.45) is -0.146. The van der Waals surface area contributed by atoms with Crippen molar-refractivity contribution in [3.63, 3.8) is 0 Å². The van der Waals surface area contributed by atoms with Gasteiger partial charge in [0.1, 0.15) is 5.82 Å². The number of amides is 2. The lowest BCUT2D eigenvalue weighted by Crippen LogP contribution is -2.41. The molecule has 1 aliphatic carbocycles. The van der Waals surface area contributed by atoms with Crippen LogP contribution < -0.4 is 10.2 Å².